The van der Waals surface area contributed by atoms with Crippen molar-refractivity contribution in [2.24, 2.45) is 5.73 Å². The predicted molar refractivity (Wildman–Crippen MR) is 112 cm³/mol. The van der Waals surface area contributed by atoms with Gasteiger partial charge in [-0.15, -0.1) is 0 Å². The Morgan fingerprint density at radius 2 is 2.10 bits per heavy atom. The van der Waals surface area contributed by atoms with Gasteiger partial charge in [0.05, 0.1) is 18.5 Å². The van der Waals surface area contributed by atoms with Gasteiger partial charge in [-0.1, -0.05) is 0 Å². The lowest BCUT2D eigenvalue weighted by Crippen LogP contribution is -2.59. The molecular weight excluding hydrogens is 428 g/mol. The Bertz CT molecular complexity index is 789. The summed E-state index contributed by atoms with van der Waals surface area (Å²) in [7, 11) is 0. The zero-order valence-corrected chi connectivity index (χ0v) is 17.9. The van der Waals surface area contributed by atoms with Crippen molar-refractivity contribution in [2.75, 3.05) is 12.3 Å². The van der Waals surface area contributed by atoms with Crippen LogP contribution in [0.3, 0.4) is 0 Å². The molecule has 13 heteroatoms. The van der Waals surface area contributed by atoms with Crippen LogP contribution in [0.2, 0.25) is 0 Å². The van der Waals surface area contributed by atoms with E-state index in [0.717, 1.165) is 0 Å². The van der Waals surface area contributed by atoms with Crippen LogP contribution in [0.4, 0.5) is 0 Å². The lowest BCUT2D eigenvalue weighted by Gasteiger charge is -2.31. The van der Waals surface area contributed by atoms with E-state index in [4.69, 9.17) is 10.8 Å². The maximum atomic E-state index is 13.0. The predicted octanol–water partition coefficient (Wildman–Crippen LogP) is -2.36. The topological polar surface area (TPSA) is 191 Å². The van der Waals surface area contributed by atoms with Crippen molar-refractivity contribution in [2.45, 2.75) is 56.5 Å². The SMILES string of the molecule is CC(O)C(NC(=O)C(N)Cc1cnc[nH]1)C(=O)N1CCCC1C(=O)NC(CS)C(=O)O. The highest BCUT2D eigenvalue weighted by atomic mass is 32.1. The van der Waals surface area contributed by atoms with E-state index in [-0.39, 0.29) is 18.7 Å². The first kappa shape index (κ1) is 24.6. The standard InChI is InChI=1S/C18H28N6O6S/c1-9(25)14(23-15(26)11(19)5-10-6-20-8-21-10)17(28)24-4-2-3-13(24)16(27)22-12(7-31)18(29)30/h6,8-9,11-14,25,31H,2-5,7,19H2,1H3,(H,20,21)(H,22,27)(H,23,26)(H,29,30). The molecule has 172 valence electrons. The number of H-pyrrole nitrogens is 1. The van der Waals surface area contributed by atoms with Crippen LogP contribution in [0, 0.1) is 0 Å². The second-order valence-corrected chi connectivity index (χ2v) is 7.75. The number of carboxylic acid groups (broad SMARTS) is 1. The third kappa shape index (κ3) is 6.42. The van der Waals surface area contributed by atoms with E-state index in [1.54, 1.807) is 0 Å². The van der Waals surface area contributed by atoms with E-state index in [2.05, 4.69) is 33.2 Å². The Labute approximate surface area is 184 Å². The Hall–Kier alpha value is -2.64. The lowest BCUT2D eigenvalue weighted by atomic mass is 10.1. The number of amides is 3. The third-order valence-corrected chi connectivity index (χ3v) is 5.38. The number of nitrogens with zero attached hydrogens (tertiary/aromatic N) is 2. The van der Waals surface area contributed by atoms with Crippen molar-refractivity contribution >= 4 is 36.3 Å². The minimum atomic E-state index is -1.31. The number of aromatic amines is 1. The molecule has 12 nitrogen and oxygen atoms in total. The van der Waals surface area contributed by atoms with Crippen LogP contribution >= 0.6 is 12.6 Å². The average molecular weight is 457 g/mol. The first-order valence-corrected chi connectivity index (χ1v) is 10.4. The van der Waals surface area contributed by atoms with Crippen molar-refractivity contribution in [3.8, 4) is 0 Å². The number of aliphatic hydroxyl groups excluding tert-OH is 1. The molecule has 0 aromatic carbocycles. The summed E-state index contributed by atoms with van der Waals surface area (Å²) in [6, 6.07) is -4.40. The summed E-state index contributed by atoms with van der Waals surface area (Å²) < 4.78 is 0. The molecule has 1 aromatic heterocycles. The van der Waals surface area contributed by atoms with Crippen LogP contribution in [-0.4, -0.2) is 91.3 Å². The van der Waals surface area contributed by atoms with Crippen LogP contribution in [0.1, 0.15) is 25.5 Å². The highest BCUT2D eigenvalue weighted by Gasteiger charge is 2.40. The number of nitrogens with two attached hydrogens (primary N) is 1. The number of imidazole rings is 1. The smallest absolute Gasteiger partial charge is 0.327 e. The molecule has 3 amide bonds. The molecule has 5 atom stereocenters. The normalized spacial score (nSPS) is 19.9. The molecule has 7 N–H and O–H groups in total. The molecule has 1 fully saturated rings. The van der Waals surface area contributed by atoms with E-state index in [1.165, 1.54) is 24.3 Å². The van der Waals surface area contributed by atoms with Crippen molar-refractivity contribution in [1.29, 1.82) is 0 Å². The second-order valence-electron chi connectivity index (χ2n) is 7.39. The number of nitrogens with one attached hydrogen (secondary N) is 3. The number of likely N-dealkylation sites (tertiary alicyclic amines) is 1. The number of aliphatic carboxylic acids is 1. The maximum absolute atomic E-state index is 13.0. The molecule has 0 saturated carbocycles. The molecule has 1 saturated heterocycles. The Kier molecular flexibility index (Phi) is 8.83. The molecule has 1 aliphatic heterocycles. The van der Waals surface area contributed by atoms with Gasteiger partial charge in [-0.05, 0) is 19.8 Å². The summed E-state index contributed by atoms with van der Waals surface area (Å²) in [5.74, 6) is -3.26. The summed E-state index contributed by atoms with van der Waals surface area (Å²) in [5.41, 5.74) is 6.53. The Morgan fingerprint density at radius 3 is 2.65 bits per heavy atom. The number of aliphatic hydroxyl groups is 1. The number of rotatable bonds is 10. The fourth-order valence-corrected chi connectivity index (χ4v) is 3.56. The summed E-state index contributed by atoms with van der Waals surface area (Å²) >= 11 is 3.91. The van der Waals surface area contributed by atoms with Gasteiger partial charge in [0.1, 0.15) is 18.1 Å². The monoisotopic (exact) mass is 456 g/mol. The van der Waals surface area contributed by atoms with Crippen molar-refractivity contribution in [3.63, 3.8) is 0 Å². The van der Waals surface area contributed by atoms with E-state index >= 15 is 0 Å². The molecule has 0 spiro atoms. The number of hydrogen-bond acceptors (Lipinski definition) is 8. The molecule has 0 aliphatic carbocycles. The number of carbonyl (C=O) groups excluding carboxylic acids is 3. The van der Waals surface area contributed by atoms with Crippen molar-refractivity contribution in [3.05, 3.63) is 18.2 Å². The molecular formula is C18H28N6O6S. The van der Waals surface area contributed by atoms with Crippen LogP contribution in [0.15, 0.2) is 12.5 Å². The van der Waals surface area contributed by atoms with Gasteiger partial charge in [-0.25, -0.2) is 9.78 Å². The van der Waals surface area contributed by atoms with Crippen LogP contribution < -0.4 is 16.4 Å². The molecule has 1 aromatic rings. The van der Waals surface area contributed by atoms with Crippen molar-refractivity contribution in [1.82, 2.24) is 25.5 Å². The fourth-order valence-electron chi connectivity index (χ4n) is 3.31. The molecule has 2 rings (SSSR count). The second kappa shape index (κ2) is 11.1. The van der Waals surface area contributed by atoms with Gasteiger partial charge in [-0.3, -0.25) is 14.4 Å². The largest absolute Gasteiger partial charge is 0.480 e. The van der Waals surface area contributed by atoms with E-state index < -0.39 is 54.0 Å². The summed E-state index contributed by atoms with van der Waals surface area (Å²) in [6.45, 7) is 1.57. The van der Waals surface area contributed by atoms with Gasteiger partial charge in [0.2, 0.25) is 17.7 Å². The van der Waals surface area contributed by atoms with Gasteiger partial charge >= 0.3 is 5.97 Å². The van der Waals surface area contributed by atoms with Gasteiger partial charge in [0, 0.05) is 30.6 Å². The van der Waals surface area contributed by atoms with Crippen LogP contribution in [0.5, 0.6) is 0 Å². The number of carboxylic acids is 1. The quantitative estimate of drug-likeness (QED) is 0.190. The van der Waals surface area contributed by atoms with E-state index in [9.17, 15) is 24.3 Å². The molecule has 0 radical (unpaired) electrons. The minimum absolute atomic E-state index is 0.109. The van der Waals surface area contributed by atoms with E-state index in [1.807, 2.05) is 0 Å². The highest BCUT2D eigenvalue weighted by Crippen LogP contribution is 2.20. The van der Waals surface area contributed by atoms with Gasteiger partial charge in [-0.2, -0.15) is 12.6 Å². The molecule has 0 bridgehead atoms. The summed E-state index contributed by atoms with van der Waals surface area (Å²) in [6.07, 6.45) is 2.72. The lowest BCUT2D eigenvalue weighted by molar-refractivity contribution is -0.145. The van der Waals surface area contributed by atoms with Crippen LogP contribution in [-0.2, 0) is 25.6 Å². The maximum Gasteiger partial charge on any atom is 0.327 e. The molecule has 2 heterocycles. The van der Waals surface area contributed by atoms with Gasteiger partial charge in [0.15, 0.2) is 0 Å². The summed E-state index contributed by atoms with van der Waals surface area (Å²) in [4.78, 5) is 57.1. The molecule has 31 heavy (non-hydrogen) atoms. The number of carbonyl (C=O) groups is 4. The fraction of sp³-hybridized carbons (Fsp3) is 0.611. The average Bonchev–Trinajstić information content (AvgIpc) is 3.40. The zero-order chi connectivity index (χ0) is 23.1. The Morgan fingerprint density at radius 1 is 1.39 bits per heavy atom. The number of hydrogen-bond donors (Lipinski definition) is 7. The molecule has 5 unspecified atom stereocenters. The third-order valence-electron chi connectivity index (χ3n) is 5.01. The first-order valence-electron chi connectivity index (χ1n) is 9.81. The molecule has 1 aliphatic rings. The van der Waals surface area contributed by atoms with Gasteiger partial charge in [0.25, 0.3) is 0 Å². The number of thiol groups is 1. The number of aromatic nitrogens is 2. The van der Waals surface area contributed by atoms with Crippen LogP contribution in [0.25, 0.3) is 0 Å². The van der Waals surface area contributed by atoms with Crippen molar-refractivity contribution < 1.29 is 29.4 Å². The van der Waals surface area contributed by atoms with E-state index in [0.29, 0.717) is 18.5 Å². The first-order chi connectivity index (χ1) is 14.6. The minimum Gasteiger partial charge on any atom is -0.480 e. The highest BCUT2D eigenvalue weighted by molar-refractivity contribution is 7.80. The van der Waals surface area contributed by atoms with Gasteiger partial charge < -0.3 is 36.5 Å². The zero-order valence-electron chi connectivity index (χ0n) is 17.0. The Balaban J connectivity index is 2.06. The summed E-state index contributed by atoms with van der Waals surface area (Å²) in [5, 5.41) is 24.0.